The fraction of sp³-hybridized carbons (Fsp3) is 0.833. The smallest absolute Gasteiger partial charge is 0.326 e. The standard InChI is InChI=1S/C12H21NO4/c1-2-3-6-10(12(15)16)13-11(14)9-5-4-7-17-8-9/h9-10H,2-8H2,1H3,(H,13,14)(H,15,16)/t9?,10-/m0/s1. The lowest BCUT2D eigenvalue weighted by molar-refractivity contribution is -0.143. The monoisotopic (exact) mass is 243 g/mol. The Hall–Kier alpha value is -1.10. The Balaban J connectivity index is 2.42. The Morgan fingerprint density at radius 1 is 1.53 bits per heavy atom. The number of unbranched alkanes of at least 4 members (excludes halogenated alkanes) is 1. The first-order valence-corrected chi connectivity index (χ1v) is 6.26. The third-order valence-electron chi connectivity index (χ3n) is 2.99. The van der Waals surface area contributed by atoms with Crippen LogP contribution in [0, 0.1) is 5.92 Å². The minimum absolute atomic E-state index is 0.187. The first-order chi connectivity index (χ1) is 8.15. The Labute approximate surface area is 102 Å². The molecule has 1 fully saturated rings. The van der Waals surface area contributed by atoms with Gasteiger partial charge in [0.25, 0.3) is 0 Å². The second kappa shape index (κ2) is 7.27. The average molecular weight is 243 g/mol. The van der Waals surface area contributed by atoms with Gasteiger partial charge in [-0.05, 0) is 19.3 Å². The molecule has 0 aromatic carbocycles. The van der Waals surface area contributed by atoms with Crippen molar-refractivity contribution in [1.82, 2.24) is 5.32 Å². The van der Waals surface area contributed by atoms with Gasteiger partial charge in [0.1, 0.15) is 6.04 Å². The van der Waals surface area contributed by atoms with E-state index < -0.39 is 12.0 Å². The van der Waals surface area contributed by atoms with Crippen molar-refractivity contribution in [1.29, 1.82) is 0 Å². The molecule has 5 nitrogen and oxygen atoms in total. The molecule has 17 heavy (non-hydrogen) atoms. The van der Waals surface area contributed by atoms with E-state index in [1.54, 1.807) is 0 Å². The summed E-state index contributed by atoms with van der Waals surface area (Å²) in [6.45, 7) is 3.10. The fourth-order valence-electron chi connectivity index (χ4n) is 1.90. The number of amides is 1. The molecule has 98 valence electrons. The Kier molecular flexibility index (Phi) is 5.97. The van der Waals surface area contributed by atoms with Gasteiger partial charge in [-0.15, -0.1) is 0 Å². The number of carboxylic acids is 1. The molecule has 1 rings (SSSR count). The zero-order chi connectivity index (χ0) is 12.7. The maximum Gasteiger partial charge on any atom is 0.326 e. The maximum atomic E-state index is 11.8. The summed E-state index contributed by atoms with van der Waals surface area (Å²) in [6, 6.07) is -0.760. The molecule has 2 N–H and O–H groups in total. The SMILES string of the molecule is CCCC[C@H](NC(=O)C1CCCOC1)C(=O)O. The molecule has 0 bridgehead atoms. The van der Waals surface area contributed by atoms with E-state index in [2.05, 4.69) is 5.32 Å². The lowest BCUT2D eigenvalue weighted by Crippen LogP contribution is -2.45. The number of aliphatic carboxylic acids is 1. The van der Waals surface area contributed by atoms with E-state index in [1.165, 1.54) is 0 Å². The van der Waals surface area contributed by atoms with Crippen LogP contribution >= 0.6 is 0 Å². The van der Waals surface area contributed by atoms with Crippen LogP contribution in [0.2, 0.25) is 0 Å². The van der Waals surface area contributed by atoms with E-state index in [9.17, 15) is 9.59 Å². The molecule has 0 aromatic heterocycles. The normalized spacial score (nSPS) is 21.8. The van der Waals surface area contributed by atoms with Gasteiger partial charge in [-0.1, -0.05) is 19.8 Å². The van der Waals surface area contributed by atoms with Crippen molar-refractivity contribution in [3.8, 4) is 0 Å². The average Bonchev–Trinajstić information content (AvgIpc) is 2.35. The van der Waals surface area contributed by atoms with Gasteiger partial charge in [0.15, 0.2) is 0 Å². The molecule has 0 saturated carbocycles. The fourth-order valence-corrected chi connectivity index (χ4v) is 1.90. The summed E-state index contributed by atoms with van der Waals surface area (Å²) in [5, 5.41) is 11.6. The predicted octanol–water partition coefficient (Wildman–Crippen LogP) is 1.17. The van der Waals surface area contributed by atoms with Crippen molar-refractivity contribution in [3.63, 3.8) is 0 Å². The van der Waals surface area contributed by atoms with Crippen LogP contribution in [-0.4, -0.2) is 36.2 Å². The number of nitrogens with one attached hydrogen (secondary N) is 1. The molecule has 0 aromatic rings. The van der Waals surface area contributed by atoms with Crippen molar-refractivity contribution >= 4 is 11.9 Å². The molecule has 1 amide bonds. The van der Waals surface area contributed by atoms with Crippen LogP contribution in [0.5, 0.6) is 0 Å². The van der Waals surface area contributed by atoms with Crippen LogP contribution in [0.25, 0.3) is 0 Å². The number of hydrogen-bond donors (Lipinski definition) is 2. The first-order valence-electron chi connectivity index (χ1n) is 6.26. The molecule has 1 aliphatic rings. The van der Waals surface area contributed by atoms with Gasteiger partial charge in [-0.25, -0.2) is 4.79 Å². The zero-order valence-electron chi connectivity index (χ0n) is 10.3. The third-order valence-corrected chi connectivity index (χ3v) is 2.99. The van der Waals surface area contributed by atoms with E-state index in [1.807, 2.05) is 6.92 Å². The molecular weight excluding hydrogens is 222 g/mol. The molecule has 0 spiro atoms. The summed E-state index contributed by atoms with van der Waals surface area (Å²) >= 11 is 0. The highest BCUT2D eigenvalue weighted by Crippen LogP contribution is 2.14. The van der Waals surface area contributed by atoms with E-state index in [-0.39, 0.29) is 11.8 Å². The van der Waals surface area contributed by atoms with Gasteiger partial charge in [0, 0.05) is 6.61 Å². The van der Waals surface area contributed by atoms with E-state index in [0.29, 0.717) is 19.6 Å². The Morgan fingerprint density at radius 2 is 2.29 bits per heavy atom. The van der Waals surface area contributed by atoms with Crippen LogP contribution in [0.1, 0.15) is 39.0 Å². The summed E-state index contributed by atoms with van der Waals surface area (Å²) < 4.78 is 5.22. The van der Waals surface area contributed by atoms with Crippen molar-refractivity contribution in [3.05, 3.63) is 0 Å². The van der Waals surface area contributed by atoms with Crippen molar-refractivity contribution in [2.75, 3.05) is 13.2 Å². The number of ether oxygens (including phenoxy) is 1. The van der Waals surface area contributed by atoms with Gasteiger partial charge in [-0.2, -0.15) is 0 Å². The predicted molar refractivity (Wildman–Crippen MR) is 62.6 cm³/mol. The van der Waals surface area contributed by atoms with Gasteiger partial charge >= 0.3 is 5.97 Å². The second-order valence-electron chi connectivity index (χ2n) is 4.46. The topological polar surface area (TPSA) is 75.6 Å². The van der Waals surface area contributed by atoms with Gasteiger partial charge in [0.2, 0.25) is 5.91 Å². The van der Waals surface area contributed by atoms with Crippen LogP contribution in [0.3, 0.4) is 0 Å². The number of rotatable bonds is 6. The summed E-state index contributed by atoms with van der Waals surface area (Å²) in [6.07, 6.45) is 3.87. The number of hydrogen-bond acceptors (Lipinski definition) is 3. The van der Waals surface area contributed by atoms with Crippen LogP contribution < -0.4 is 5.32 Å². The molecule has 0 radical (unpaired) electrons. The zero-order valence-corrected chi connectivity index (χ0v) is 10.3. The highest BCUT2D eigenvalue weighted by Gasteiger charge is 2.26. The third kappa shape index (κ3) is 4.73. The van der Waals surface area contributed by atoms with E-state index >= 15 is 0 Å². The van der Waals surface area contributed by atoms with Crippen LogP contribution in [-0.2, 0) is 14.3 Å². The van der Waals surface area contributed by atoms with E-state index in [4.69, 9.17) is 9.84 Å². The highest BCUT2D eigenvalue weighted by atomic mass is 16.5. The molecule has 1 unspecified atom stereocenters. The Bertz CT molecular complexity index is 261. The largest absolute Gasteiger partial charge is 0.480 e. The number of carbonyl (C=O) groups is 2. The summed E-state index contributed by atoms with van der Waals surface area (Å²) in [7, 11) is 0. The minimum Gasteiger partial charge on any atom is -0.480 e. The number of carboxylic acid groups (broad SMARTS) is 1. The first kappa shape index (κ1) is 14.0. The molecule has 1 heterocycles. The molecule has 5 heteroatoms. The van der Waals surface area contributed by atoms with Gasteiger partial charge < -0.3 is 15.2 Å². The molecular formula is C12H21NO4. The molecule has 0 aliphatic carbocycles. The van der Waals surface area contributed by atoms with Crippen LogP contribution in [0.4, 0.5) is 0 Å². The lowest BCUT2D eigenvalue weighted by atomic mass is 10.0. The molecule has 1 saturated heterocycles. The maximum absolute atomic E-state index is 11.8. The highest BCUT2D eigenvalue weighted by molar-refractivity contribution is 5.85. The summed E-state index contributed by atoms with van der Waals surface area (Å²) in [5.74, 6) is -1.33. The van der Waals surface area contributed by atoms with Gasteiger partial charge in [-0.3, -0.25) is 4.79 Å². The summed E-state index contributed by atoms with van der Waals surface area (Å²) in [5.41, 5.74) is 0. The molecule has 2 atom stereocenters. The van der Waals surface area contributed by atoms with Crippen molar-refractivity contribution in [2.45, 2.75) is 45.1 Å². The van der Waals surface area contributed by atoms with Crippen LogP contribution in [0.15, 0.2) is 0 Å². The number of carbonyl (C=O) groups excluding carboxylic acids is 1. The minimum atomic E-state index is -0.955. The quantitative estimate of drug-likeness (QED) is 0.734. The van der Waals surface area contributed by atoms with E-state index in [0.717, 1.165) is 25.7 Å². The van der Waals surface area contributed by atoms with Crippen molar-refractivity contribution in [2.24, 2.45) is 5.92 Å². The Morgan fingerprint density at radius 3 is 2.82 bits per heavy atom. The summed E-state index contributed by atoms with van der Waals surface area (Å²) in [4.78, 5) is 22.8. The molecule has 1 aliphatic heterocycles. The van der Waals surface area contributed by atoms with Gasteiger partial charge in [0.05, 0.1) is 12.5 Å². The second-order valence-corrected chi connectivity index (χ2v) is 4.46. The van der Waals surface area contributed by atoms with Crippen molar-refractivity contribution < 1.29 is 19.4 Å². The lowest BCUT2D eigenvalue weighted by Gasteiger charge is -2.23.